The number of aliphatic hydroxyl groups excluding tert-OH is 2. The van der Waals surface area contributed by atoms with Gasteiger partial charge >= 0.3 is 0 Å². The molecule has 1 saturated carbocycles. The van der Waals surface area contributed by atoms with Gasteiger partial charge < -0.3 is 24.4 Å². The van der Waals surface area contributed by atoms with Gasteiger partial charge in [0.05, 0.1) is 11.5 Å². The van der Waals surface area contributed by atoms with Crippen LogP contribution in [0.4, 0.5) is 0 Å². The van der Waals surface area contributed by atoms with E-state index in [-0.39, 0.29) is 0 Å². The molecule has 1 heterocycles. The number of hydrogen-bond donors (Lipinski definition) is 2. The van der Waals surface area contributed by atoms with Crippen molar-refractivity contribution >= 4 is 0 Å². The van der Waals surface area contributed by atoms with Crippen molar-refractivity contribution in [2.45, 2.75) is 50.0 Å². The average molecular weight is 370 g/mol. The van der Waals surface area contributed by atoms with Crippen LogP contribution in [0, 0.1) is 22.7 Å². The fourth-order valence-corrected chi connectivity index (χ4v) is 5.36. The van der Waals surface area contributed by atoms with E-state index >= 15 is 0 Å². The predicted molar refractivity (Wildman–Crippen MR) is 99.4 cm³/mol. The molecule has 5 atom stereocenters. The van der Waals surface area contributed by atoms with Crippen molar-refractivity contribution in [3.63, 3.8) is 0 Å². The van der Waals surface area contributed by atoms with E-state index in [2.05, 4.69) is 17.9 Å². The van der Waals surface area contributed by atoms with Crippen molar-refractivity contribution < 1.29 is 24.4 Å². The van der Waals surface area contributed by atoms with Crippen molar-refractivity contribution in [1.29, 1.82) is 0 Å². The summed E-state index contributed by atoms with van der Waals surface area (Å²) in [4.78, 5) is 0. The first-order valence-corrected chi connectivity index (χ1v) is 9.39. The van der Waals surface area contributed by atoms with Gasteiger partial charge in [0.15, 0.2) is 18.2 Å². The summed E-state index contributed by atoms with van der Waals surface area (Å²) in [5.41, 5.74) is -1.46. The Labute approximate surface area is 159 Å². The molecule has 4 rings (SSSR count). The normalized spacial score (nSPS) is 39.3. The van der Waals surface area contributed by atoms with Gasteiger partial charge in [0.2, 0.25) is 0 Å². The van der Waals surface area contributed by atoms with Crippen LogP contribution in [0.3, 0.4) is 0 Å². The lowest BCUT2D eigenvalue weighted by Crippen LogP contribution is -2.51. The van der Waals surface area contributed by atoms with Gasteiger partial charge in [-0.2, -0.15) is 0 Å². The molecule has 144 valence electrons. The largest absolute Gasteiger partial charge is 0.389 e. The molecule has 0 unspecified atom stereocenters. The predicted octanol–water partition coefficient (Wildman–Crippen LogP) is 2.22. The van der Waals surface area contributed by atoms with Crippen LogP contribution < -0.4 is 0 Å². The number of hydrogen-bond acceptors (Lipinski definition) is 5. The van der Waals surface area contributed by atoms with E-state index in [0.717, 1.165) is 12.0 Å². The number of aliphatic hydroxyl groups is 2. The van der Waals surface area contributed by atoms with Crippen molar-refractivity contribution in [3.8, 4) is 11.8 Å². The number of allylic oxidation sites excluding steroid dienone is 1. The molecule has 27 heavy (non-hydrogen) atoms. The van der Waals surface area contributed by atoms with Gasteiger partial charge in [0, 0.05) is 31.6 Å². The highest BCUT2D eigenvalue weighted by atomic mass is 16.7. The van der Waals surface area contributed by atoms with Crippen molar-refractivity contribution in [2.24, 2.45) is 10.8 Å². The molecule has 1 aromatic carbocycles. The summed E-state index contributed by atoms with van der Waals surface area (Å²) in [6.07, 6.45) is 4.24. The van der Waals surface area contributed by atoms with Crippen LogP contribution in [0.25, 0.3) is 0 Å². The maximum Gasteiger partial charge on any atom is 0.166 e. The molecule has 5 nitrogen and oxygen atoms in total. The molecule has 0 aromatic heterocycles. The lowest BCUT2D eigenvalue weighted by atomic mass is 9.58. The molecule has 0 bridgehead atoms. The first kappa shape index (κ1) is 18.7. The maximum absolute atomic E-state index is 11.0. The fourth-order valence-electron chi connectivity index (χ4n) is 5.36. The second-order valence-electron chi connectivity index (χ2n) is 7.71. The average Bonchev–Trinajstić information content (AvgIpc) is 3.26. The Morgan fingerprint density at radius 1 is 1.22 bits per heavy atom. The van der Waals surface area contributed by atoms with Crippen LogP contribution in [0.5, 0.6) is 0 Å². The number of ether oxygens (including phenoxy) is 3. The molecular weight excluding hydrogens is 344 g/mol. The third-order valence-corrected chi connectivity index (χ3v) is 6.73. The summed E-state index contributed by atoms with van der Waals surface area (Å²) in [5, 5.41) is 21.9. The third kappa shape index (κ3) is 2.45. The van der Waals surface area contributed by atoms with Gasteiger partial charge in [0.1, 0.15) is 0 Å². The summed E-state index contributed by atoms with van der Waals surface area (Å²) in [6.45, 7) is 0. The summed E-state index contributed by atoms with van der Waals surface area (Å²) in [5.74, 6) is 6.42. The Morgan fingerprint density at radius 2 is 1.96 bits per heavy atom. The minimum atomic E-state index is -1.11. The van der Waals surface area contributed by atoms with Crippen LogP contribution in [-0.4, -0.2) is 48.7 Å². The van der Waals surface area contributed by atoms with Gasteiger partial charge in [-0.05, 0) is 31.4 Å². The van der Waals surface area contributed by atoms with Crippen LogP contribution in [0.2, 0.25) is 0 Å². The highest BCUT2D eigenvalue weighted by Gasteiger charge is 2.77. The molecule has 5 heteroatoms. The minimum absolute atomic E-state index is 0.444. The van der Waals surface area contributed by atoms with E-state index in [4.69, 9.17) is 14.2 Å². The second-order valence-corrected chi connectivity index (χ2v) is 7.71. The van der Waals surface area contributed by atoms with Gasteiger partial charge in [-0.1, -0.05) is 42.2 Å². The monoisotopic (exact) mass is 370 g/mol. The van der Waals surface area contributed by atoms with E-state index in [0.29, 0.717) is 19.3 Å². The Morgan fingerprint density at radius 3 is 2.67 bits per heavy atom. The molecule has 1 saturated heterocycles. The zero-order chi connectivity index (χ0) is 19.1. The van der Waals surface area contributed by atoms with E-state index in [1.54, 1.807) is 14.2 Å². The molecule has 2 N–H and O–H groups in total. The number of methoxy groups -OCH3 is 2. The smallest absolute Gasteiger partial charge is 0.166 e. The maximum atomic E-state index is 11.0. The Hall–Kier alpha value is -1.68. The SMILES string of the molecule is COC(C[C@]12C=CC[C@]13CC[C@@H](O)[C@]3(C#Cc1ccccc1)O[C@@H]2O)OC. The van der Waals surface area contributed by atoms with Gasteiger partial charge in [-0.15, -0.1) is 0 Å². The topological polar surface area (TPSA) is 68.2 Å². The number of benzene rings is 1. The highest BCUT2D eigenvalue weighted by molar-refractivity contribution is 5.44. The standard InChI is InChI=1S/C22H26O5/c1-25-18(26-2)15-20-11-6-12-21(20)13-10-17(23)22(21,27-19(20)24)14-9-16-7-4-3-5-8-16/h3-8,11,17-19,23-24H,10,12-13,15H2,1-2H3/t17-,19+,20+,21+,22+/m1/s1. The highest BCUT2D eigenvalue weighted by Crippen LogP contribution is 2.71. The van der Waals surface area contributed by atoms with Crippen molar-refractivity contribution in [2.75, 3.05) is 14.2 Å². The molecule has 1 spiro atoms. The summed E-state index contributed by atoms with van der Waals surface area (Å²) >= 11 is 0. The molecule has 0 amide bonds. The van der Waals surface area contributed by atoms with Crippen molar-refractivity contribution in [1.82, 2.24) is 0 Å². The first-order valence-electron chi connectivity index (χ1n) is 9.39. The third-order valence-electron chi connectivity index (χ3n) is 6.73. The Bertz CT molecular complexity index is 777. The van der Waals surface area contributed by atoms with Gasteiger partial charge in [0.25, 0.3) is 0 Å². The zero-order valence-electron chi connectivity index (χ0n) is 15.7. The number of rotatable bonds is 4. The summed E-state index contributed by atoms with van der Waals surface area (Å²) < 4.78 is 17.0. The van der Waals surface area contributed by atoms with E-state index in [9.17, 15) is 10.2 Å². The van der Waals surface area contributed by atoms with Crippen LogP contribution >= 0.6 is 0 Å². The Balaban J connectivity index is 1.80. The quantitative estimate of drug-likeness (QED) is 0.483. The molecule has 1 aliphatic heterocycles. The van der Waals surface area contributed by atoms with Gasteiger partial charge in [-0.3, -0.25) is 0 Å². The molecule has 0 radical (unpaired) electrons. The molecule has 2 aliphatic carbocycles. The Kier molecular flexibility index (Phi) is 4.66. The molecule has 3 aliphatic rings. The van der Waals surface area contributed by atoms with E-state index < -0.39 is 35.1 Å². The van der Waals surface area contributed by atoms with Crippen LogP contribution in [-0.2, 0) is 14.2 Å². The molecule has 1 aromatic rings. The second kappa shape index (κ2) is 6.73. The summed E-state index contributed by atoms with van der Waals surface area (Å²) in [7, 11) is 3.18. The molecule has 2 fully saturated rings. The van der Waals surface area contributed by atoms with E-state index in [1.807, 2.05) is 36.4 Å². The first-order chi connectivity index (χ1) is 13.0. The van der Waals surface area contributed by atoms with E-state index in [1.165, 1.54) is 0 Å². The fraction of sp³-hybridized carbons (Fsp3) is 0.545. The summed E-state index contributed by atoms with van der Waals surface area (Å²) in [6, 6.07) is 9.64. The van der Waals surface area contributed by atoms with Gasteiger partial charge in [-0.25, -0.2) is 0 Å². The zero-order valence-corrected chi connectivity index (χ0v) is 15.7. The minimum Gasteiger partial charge on any atom is -0.389 e. The molecular formula is C22H26O5. The van der Waals surface area contributed by atoms with Crippen molar-refractivity contribution in [3.05, 3.63) is 48.0 Å². The lowest BCUT2D eigenvalue weighted by molar-refractivity contribution is -0.184. The lowest BCUT2D eigenvalue weighted by Gasteiger charge is -2.43. The van der Waals surface area contributed by atoms with Crippen LogP contribution in [0.15, 0.2) is 42.5 Å². The van der Waals surface area contributed by atoms with Crippen LogP contribution in [0.1, 0.15) is 31.2 Å².